The normalized spacial score (nSPS) is 15.5. The molecule has 0 radical (unpaired) electrons. The molecular formula is C12H17N3O3. The van der Waals surface area contributed by atoms with Crippen LogP contribution in [0.4, 0.5) is 0 Å². The Morgan fingerprint density at radius 3 is 2.78 bits per heavy atom. The number of nitrogens with one attached hydrogen (secondary N) is 2. The molecule has 2 rings (SSSR count). The van der Waals surface area contributed by atoms with E-state index in [2.05, 4.69) is 10.6 Å². The molecule has 1 aromatic heterocycles. The zero-order chi connectivity index (χ0) is 13.0. The van der Waals surface area contributed by atoms with Gasteiger partial charge in [-0.25, -0.2) is 0 Å². The van der Waals surface area contributed by atoms with Crippen LogP contribution in [0.25, 0.3) is 0 Å². The van der Waals surface area contributed by atoms with E-state index in [0.717, 1.165) is 18.7 Å². The Balaban J connectivity index is 1.82. The van der Waals surface area contributed by atoms with Gasteiger partial charge in [-0.2, -0.15) is 0 Å². The molecule has 0 aromatic carbocycles. The number of carbonyl (C=O) groups is 2. The summed E-state index contributed by atoms with van der Waals surface area (Å²) in [6.45, 7) is 4.78. The SMILES string of the molecule is Cc1ccoc1C(=O)NCC(=O)N1CCNCC1. The second kappa shape index (κ2) is 5.68. The molecule has 0 unspecified atom stereocenters. The molecule has 2 amide bonds. The molecule has 1 aromatic rings. The van der Waals surface area contributed by atoms with Crippen molar-refractivity contribution in [3.8, 4) is 0 Å². The van der Waals surface area contributed by atoms with Gasteiger partial charge < -0.3 is 20.0 Å². The standard InChI is InChI=1S/C12H17N3O3/c1-9-2-7-18-11(9)12(17)14-8-10(16)15-5-3-13-4-6-15/h2,7,13H,3-6,8H2,1H3,(H,14,17). The second-order valence-electron chi connectivity index (χ2n) is 4.25. The van der Waals surface area contributed by atoms with Crippen LogP contribution < -0.4 is 10.6 Å². The zero-order valence-electron chi connectivity index (χ0n) is 10.4. The minimum absolute atomic E-state index is 0.0129. The van der Waals surface area contributed by atoms with E-state index < -0.39 is 0 Å². The first kappa shape index (κ1) is 12.6. The van der Waals surface area contributed by atoms with E-state index in [1.54, 1.807) is 17.9 Å². The van der Waals surface area contributed by atoms with Crippen LogP contribution in [0.5, 0.6) is 0 Å². The van der Waals surface area contributed by atoms with Crippen LogP contribution in [-0.2, 0) is 4.79 Å². The first-order valence-corrected chi connectivity index (χ1v) is 5.99. The number of amides is 2. The smallest absolute Gasteiger partial charge is 0.287 e. The van der Waals surface area contributed by atoms with Gasteiger partial charge in [0.1, 0.15) is 0 Å². The van der Waals surface area contributed by atoms with Crippen molar-refractivity contribution in [1.29, 1.82) is 0 Å². The van der Waals surface area contributed by atoms with Gasteiger partial charge >= 0.3 is 0 Å². The van der Waals surface area contributed by atoms with Gasteiger partial charge in [0.25, 0.3) is 5.91 Å². The number of piperazine rings is 1. The molecule has 0 spiro atoms. The van der Waals surface area contributed by atoms with Crippen LogP contribution in [0.15, 0.2) is 16.7 Å². The van der Waals surface area contributed by atoms with Gasteiger partial charge in [0.2, 0.25) is 5.91 Å². The maximum Gasteiger partial charge on any atom is 0.287 e. The zero-order valence-corrected chi connectivity index (χ0v) is 10.4. The van der Waals surface area contributed by atoms with Crippen molar-refractivity contribution in [2.75, 3.05) is 32.7 Å². The summed E-state index contributed by atoms with van der Waals surface area (Å²) in [4.78, 5) is 25.3. The number of hydrogen-bond donors (Lipinski definition) is 2. The van der Waals surface area contributed by atoms with Crippen LogP contribution in [0.3, 0.4) is 0 Å². The van der Waals surface area contributed by atoms with Gasteiger partial charge in [0.15, 0.2) is 5.76 Å². The lowest BCUT2D eigenvalue weighted by molar-refractivity contribution is -0.130. The van der Waals surface area contributed by atoms with Crippen molar-refractivity contribution in [3.63, 3.8) is 0 Å². The summed E-state index contributed by atoms with van der Waals surface area (Å²) in [7, 11) is 0. The highest BCUT2D eigenvalue weighted by molar-refractivity contribution is 5.95. The molecule has 1 aliphatic heterocycles. The Morgan fingerprint density at radius 2 is 2.17 bits per heavy atom. The molecular weight excluding hydrogens is 234 g/mol. The third-order valence-electron chi connectivity index (χ3n) is 2.94. The van der Waals surface area contributed by atoms with Crippen molar-refractivity contribution in [2.45, 2.75) is 6.92 Å². The molecule has 1 fully saturated rings. The highest BCUT2D eigenvalue weighted by Gasteiger charge is 2.18. The number of hydrogen-bond acceptors (Lipinski definition) is 4. The Bertz CT molecular complexity index is 436. The molecule has 0 aliphatic carbocycles. The van der Waals surface area contributed by atoms with Crippen LogP contribution in [-0.4, -0.2) is 49.4 Å². The van der Waals surface area contributed by atoms with Crippen LogP contribution in [0.2, 0.25) is 0 Å². The van der Waals surface area contributed by atoms with Crippen LogP contribution >= 0.6 is 0 Å². The van der Waals surface area contributed by atoms with Crippen molar-refractivity contribution >= 4 is 11.8 Å². The maximum atomic E-state index is 11.8. The molecule has 6 heteroatoms. The molecule has 0 atom stereocenters. The summed E-state index contributed by atoms with van der Waals surface area (Å²) in [5.74, 6) is -0.141. The summed E-state index contributed by atoms with van der Waals surface area (Å²) in [6.07, 6.45) is 1.46. The summed E-state index contributed by atoms with van der Waals surface area (Å²) in [5.41, 5.74) is 0.766. The van der Waals surface area contributed by atoms with Crippen molar-refractivity contribution in [1.82, 2.24) is 15.5 Å². The molecule has 18 heavy (non-hydrogen) atoms. The van der Waals surface area contributed by atoms with Gasteiger partial charge in [0.05, 0.1) is 12.8 Å². The summed E-state index contributed by atoms with van der Waals surface area (Å²) in [5, 5.41) is 5.75. The van der Waals surface area contributed by atoms with Gasteiger partial charge in [-0.3, -0.25) is 9.59 Å². The fourth-order valence-electron chi connectivity index (χ4n) is 1.87. The van der Waals surface area contributed by atoms with E-state index in [1.807, 2.05) is 0 Å². The van der Waals surface area contributed by atoms with E-state index in [4.69, 9.17) is 4.42 Å². The Labute approximate surface area is 105 Å². The first-order chi connectivity index (χ1) is 8.68. The Kier molecular flexibility index (Phi) is 3.99. The highest BCUT2D eigenvalue weighted by Crippen LogP contribution is 2.07. The lowest BCUT2D eigenvalue weighted by Gasteiger charge is -2.27. The first-order valence-electron chi connectivity index (χ1n) is 5.99. The molecule has 6 nitrogen and oxygen atoms in total. The fraction of sp³-hybridized carbons (Fsp3) is 0.500. The fourth-order valence-corrected chi connectivity index (χ4v) is 1.87. The van der Waals surface area contributed by atoms with Crippen LogP contribution in [0, 0.1) is 6.92 Å². The molecule has 1 aliphatic rings. The molecule has 1 saturated heterocycles. The lowest BCUT2D eigenvalue weighted by atomic mass is 10.2. The van der Waals surface area contributed by atoms with E-state index in [1.165, 1.54) is 6.26 Å². The summed E-state index contributed by atoms with van der Waals surface area (Å²) >= 11 is 0. The minimum atomic E-state index is -0.346. The lowest BCUT2D eigenvalue weighted by Crippen LogP contribution is -2.49. The minimum Gasteiger partial charge on any atom is -0.459 e. The summed E-state index contributed by atoms with van der Waals surface area (Å²) < 4.78 is 5.06. The second-order valence-corrected chi connectivity index (χ2v) is 4.25. The Morgan fingerprint density at radius 1 is 1.44 bits per heavy atom. The van der Waals surface area contributed by atoms with E-state index in [0.29, 0.717) is 13.1 Å². The third kappa shape index (κ3) is 2.89. The predicted molar refractivity (Wildman–Crippen MR) is 65.2 cm³/mol. The van der Waals surface area contributed by atoms with Crippen molar-refractivity contribution in [3.05, 3.63) is 23.7 Å². The van der Waals surface area contributed by atoms with Gasteiger partial charge in [0, 0.05) is 31.7 Å². The van der Waals surface area contributed by atoms with E-state index >= 15 is 0 Å². The largest absolute Gasteiger partial charge is 0.459 e. The van der Waals surface area contributed by atoms with Gasteiger partial charge in [-0.15, -0.1) is 0 Å². The molecule has 2 heterocycles. The molecule has 0 bridgehead atoms. The van der Waals surface area contributed by atoms with E-state index in [9.17, 15) is 9.59 Å². The summed E-state index contributed by atoms with van der Waals surface area (Å²) in [6, 6.07) is 1.72. The van der Waals surface area contributed by atoms with Gasteiger partial charge in [-0.1, -0.05) is 0 Å². The predicted octanol–water partition coefficient (Wildman–Crippen LogP) is -0.250. The number of nitrogens with zero attached hydrogens (tertiary/aromatic N) is 1. The van der Waals surface area contributed by atoms with Crippen LogP contribution in [0.1, 0.15) is 16.1 Å². The molecule has 2 N–H and O–H groups in total. The topological polar surface area (TPSA) is 74.6 Å². The van der Waals surface area contributed by atoms with Crippen molar-refractivity contribution in [2.24, 2.45) is 0 Å². The number of carbonyl (C=O) groups excluding carboxylic acids is 2. The van der Waals surface area contributed by atoms with E-state index in [-0.39, 0.29) is 24.1 Å². The maximum absolute atomic E-state index is 11.8. The number of rotatable bonds is 3. The Hall–Kier alpha value is -1.82. The number of aryl methyl sites for hydroxylation is 1. The monoisotopic (exact) mass is 251 g/mol. The average molecular weight is 251 g/mol. The van der Waals surface area contributed by atoms with Crippen molar-refractivity contribution < 1.29 is 14.0 Å². The molecule has 0 saturated carbocycles. The third-order valence-corrected chi connectivity index (χ3v) is 2.94. The average Bonchev–Trinajstić information content (AvgIpc) is 2.83. The number of furan rings is 1. The molecule has 98 valence electrons. The highest BCUT2D eigenvalue weighted by atomic mass is 16.3. The quantitative estimate of drug-likeness (QED) is 0.777. The van der Waals surface area contributed by atoms with Gasteiger partial charge in [-0.05, 0) is 13.0 Å².